The Bertz CT molecular complexity index is 492. The number of nitrogens with one attached hydrogen (secondary N) is 1. The van der Waals surface area contributed by atoms with E-state index in [4.69, 9.17) is 10.5 Å². The van der Waals surface area contributed by atoms with E-state index in [1.54, 1.807) is 24.4 Å². The monoisotopic (exact) mass is 354 g/mol. The van der Waals surface area contributed by atoms with Gasteiger partial charge in [0.1, 0.15) is 12.3 Å². The lowest BCUT2D eigenvalue weighted by atomic mass is 10.1. The Morgan fingerprint density at radius 3 is 2.65 bits per heavy atom. The van der Waals surface area contributed by atoms with Crippen LogP contribution in [-0.2, 0) is 11.3 Å². The van der Waals surface area contributed by atoms with Gasteiger partial charge in [-0.25, -0.2) is 0 Å². The summed E-state index contributed by atoms with van der Waals surface area (Å²) in [5.41, 5.74) is 6.97. The van der Waals surface area contributed by atoms with Crippen LogP contribution in [0.15, 0.2) is 16.6 Å². The van der Waals surface area contributed by atoms with Crippen LogP contribution >= 0.6 is 15.9 Å². The number of nitrogens with two attached hydrogens (primary N) is 1. The van der Waals surface area contributed by atoms with Crippen LogP contribution in [0, 0.1) is 6.92 Å². The van der Waals surface area contributed by atoms with Crippen LogP contribution < -0.4 is 15.8 Å². The average Bonchev–Trinajstić information content (AvgIpc) is 2.33. The molecule has 0 spiro atoms. The van der Waals surface area contributed by atoms with E-state index in [0.717, 1.165) is 10.0 Å². The molecule has 20 heavy (non-hydrogen) atoms. The zero-order valence-electron chi connectivity index (χ0n) is 10.7. The third-order valence-corrected chi connectivity index (χ3v) is 2.83. The van der Waals surface area contributed by atoms with Gasteiger partial charge < -0.3 is 15.8 Å². The number of carbonyl (C=O) groups is 1. The number of benzene rings is 1. The summed E-state index contributed by atoms with van der Waals surface area (Å²) >= 11 is 3.30. The van der Waals surface area contributed by atoms with E-state index in [-0.39, 0.29) is 6.54 Å². The Kier molecular flexibility index (Phi) is 5.82. The van der Waals surface area contributed by atoms with Crippen LogP contribution in [0.1, 0.15) is 11.1 Å². The molecule has 1 rings (SSSR count). The van der Waals surface area contributed by atoms with Crippen LogP contribution in [0.2, 0.25) is 0 Å². The van der Waals surface area contributed by atoms with E-state index in [1.807, 2.05) is 0 Å². The maximum atomic E-state index is 11.9. The molecule has 0 bridgehead atoms. The molecule has 0 radical (unpaired) electrons. The topological polar surface area (TPSA) is 64.3 Å². The number of hydrogen-bond acceptors (Lipinski definition) is 3. The van der Waals surface area contributed by atoms with Gasteiger partial charge in [-0.1, -0.05) is 15.9 Å². The fraction of sp³-hybridized carbons (Fsp3) is 0.417. The fourth-order valence-corrected chi connectivity index (χ4v) is 2.16. The van der Waals surface area contributed by atoms with E-state index >= 15 is 0 Å². The predicted molar refractivity (Wildman–Crippen MR) is 71.3 cm³/mol. The molecule has 0 unspecified atom stereocenters. The summed E-state index contributed by atoms with van der Waals surface area (Å²) in [7, 11) is 0. The summed E-state index contributed by atoms with van der Waals surface area (Å²) < 4.78 is 41.9. The second kappa shape index (κ2) is 6.94. The quantitative estimate of drug-likeness (QED) is 0.852. The van der Waals surface area contributed by atoms with Gasteiger partial charge in [-0.15, -0.1) is 0 Å². The molecule has 0 fully saturated rings. The molecule has 0 atom stereocenters. The third-order valence-electron chi connectivity index (χ3n) is 2.37. The summed E-state index contributed by atoms with van der Waals surface area (Å²) in [5, 5.41) is 1.73. The van der Waals surface area contributed by atoms with Gasteiger partial charge in [-0.3, -0.25) is 4.79 Å². The molecule has 0 aliphatic rings. The van der Waals surface area contributed by atoms with E-state index in [0.29, 0.717) is 11.3 Å². The molecule has 1 amide bonds. The molecule has 112 valence electrons. The summed E-state index contributed by atoms with van der Waals surface area (Å²) in [6.07, 6.45) is -4.44. The predicted octanol–water partition coefficient (Wildman–Crippen LogP) is 2.27. The first-order chi connectivity index (χ1) is 9.23. The Morgan fingerprint density at radius 1 is 1.45 bits per heavy atom. The van der Waals surface area contributed by atoms with E-state index < -0.39 is 25.2 Å². The molecular weight excluding hydrogens is 341 g/mol. The summed E-state index contributed by atoms with van der Waals surface area (Å²) in [6.45, 7) is 0.0798. The Balaban J connectivity index is 2.64. The molecule has 0 aromatic heterocycles. The van der Waals surface area contributed by atoms with Gasteiger partial charge in [-0.2, -0.15) is 13.2 Å². The number of carbonyl (C=O) groups excluding carboxylic acids is 1. The third kappa shape index (κ3) is 5.38. The molecule has 3 N–H and O–H groups in total. The van der Waals surface area contributed by atoms with Gasteiger partial charge in [0.2, 0.25) is 0 Å². The van der Waals surface area contributed by atoms with Gasteiger partial charge in [-0.05, 0) is 24.6 Å². The normalized spacial score (nSPS) is 11.3. The molecule has 1 aromatic carbocycles. The molecule has 8 heteroatoms. The van der Waals surface area contributed by atoms with E-state index in [9.17, 15) is 18.0 Å². The number of rotatable bonds is 5. The lowest BCUT2D eigenvalue weighted by Crippen LogP contribution is -2.36. The van der Waals surface area contributed by atoms with Gasteiger partial charge in [0.15, 0.2) is 6.61 Å². The first-order valence-corrected chi connectivity index (χ1v) is 6.47. The molecule has 0 aliphatic heterocycles. The van der Waals surface area contributed by atoms with Crippen LogP contribution in [0.5, 0.6) is 5.75 Å². The summed E-state index contributed by atoms with van der Waals surface area (Å²) in [6, 6.07) is 3.50. The lowest BCUT2D eigenvalue weighted by Gasteiger charge is -2.14. The second-order valence-electron chi connectivity index (χ2n) is 4.10. The van der Waals surface area contributed by atoms with Crippen molar-refractivity contribution in [2.45, 2.75) is 19.6 Å². The molecule has 0 saturated heterocycles. The second-order valence-corrected chi connectivity index (χ2v) is 5.01. The average molecular weight is 355 g/mol. The number of aryl methyl sites for hydroxylation is 1. The summed E-state index contributed by atoms with van der Waals surface area (Å²) in [5.74, 6) is -0.425. The van der Waals surface area contributed by atoms with Gasteiger partial charge >= 0.3 is 6.18 Å². The molecular formula is C12H14BrF3N2O2. The van der Waals surface area contributed by atoms with Crippen molar-refractivity contribution in [1.82, 2.24) is 5.32 Å². The number of hydrogen-bond donors (Lipinski definition) is 2. The smallest absolute Gasteiger partial charge is 0.405 e. The van der Waals surface area contributed by atoms with Gasteiger partial charge in [0, 0.05) is 16.6 Å². The van der Waals surface area contributed by atoms with Crippen LogP contribution in [0.25, 0.3) is 0 Å². The Hall–Kier alpha value is -1.28. The number of amides is 1. The lowest BCUT2D eigenvalue weighted by molar-refractivity contribution is -0.139. The van der Waals surface area contributed by atoms with Crippen molar-refractivity contribution >= 4 is 21.8 Å². The minimum absolute atomic E-state index is 0.194. The maximum absolute atomic E-state index is 11.9. The maximum Gasteiger partial charge on any atom is 0.405 e. The van der Waals surface area contributed by atoms with Crippen LogP contribution in [0.3, 0.4) is 0 Å². The minimum Gasteiger partial charge on any atom is -0.483 e. The highest BCUT2D eigenvalue weighted by Gasteiger charge is 2.27. The zero-order chi connectivity index (χ0) is 15.3. The van der Waals surface area contributed by atoms with Crippen LogP contribution in [0.4, 0.5) is 13.2 Å². The highest BCUT2D eigenvalue weighted by atomic mass is 79.9. The molecule has 4 nitrogen and oxygen atoms in total. The first kappa shape index (κ1) is 16.8. The highest BCUT2D eigenvalue weighted by molar-refractivity contribution is 9.10. The number of halogens is 4. The molecule has 0 heterocycles. The first-order valence-electron chi connectivity index (χ1n) is 5.68. The number of ether oxygens (including phenoxy) is 1. The van der Waals surface area contributed by atoms with Crippen LogP contribution in [-0.4, -0.2) is 25.2 Å². The van der Waals surface area contributed by atoms with Crippen molar-refractivity contribution in [2.75, 3.05) is 13.2 Å². The van der Waals surface area contributed by atoms with E-state index in [2.05, 4.69) is 15.9 Å². The number of alkyl halides is 3. The molecule has 0 aliphatic carbocycles. The van der Waals surface area contributed by atoms with Gasteiger partial charge in [0.05, 0.1) is 0 Å². The van der Waals surface area contributed by atoms with Gasteiger partial charge in [0.25, 0.3) is 5.91 Å². The van der Waals surface area contributed by atoms with Crippen molar-refractivity contribution in [3.05, 3.63) is 27.7 Å². The minimum atomic E-state index is -4.44. The Morgan fingerprint density at radius 2 is 2.10 bits per heavy atom. The SMILES string of the molecule is Cc1cc(Br)cc(CN)c1OCC(=O)NCC(F)(F)F. The fourth-order valence-electron chi connectivity index (χ4n) is 1.55. The van der Waals surface area contributed by atoms with Crippen molar-refractivity contribution in [3.63, 3.8) is 0 Å². The zero-order valence-corrected chi connectivity index (χ0v) is 12.3. The highest BCUT2D eigenvalue weighted by Crippen LogP contribution is 2.27. The largest absolute Gasteiger partial charge is 0.483 e. The van der Waals surface area contributed by atoms with Crippen molar-refractivity contribution in [1.29, 1.82) is 0 Å². The summed E-state index contributed by atoms with van der Waals surface area (Å²) in [4.78, 5) is 11.3. The molecule has 0 saturated carbocycles. The van der Waals surface area contributed by atoms with E-state index in [1.165, 1.54) is 0 Å². The van der Waals surface area contributed by atoms with Crippen molar-refractivity contribution < 1.29 is 22.7 Å². The van der Waals surface area contributed by atoms with Crippen molar-refractivity contribution in [2.24, 2.45) is 5.73 Å². The standard InChI is InChI=1S/C12H14BrF3N2O2/c1-7-2-9(13)3-8(4-17)11(7)20-5-10(19)18-6-12(14,15)16/h2-3H,4-6,17H2,1H3,(H,18,19). The molecule has 1 aromatic rings. The Labute approximate surface area is 122 Å². The van der Waals surface area contributed by atoms with Crippen molar-refractivity contribution in [3.8, 4) is 5.75 Å².